The van der Waals surface area contributed by atoms with Crippen LogP contribution < -0.4 is 5.32 Å². The Morgan fingerprint density at radius 3 is 2.63 bits per heavy atom. The molecular weight excluding hydrogens is 258 g/mol. The van der Waals surface area contributed by atoms with Gasteiger partial charge in [0.15, 0.2) is 0 Å². The molecule has 1 aliphatic rings. The number of aliphatic hydroxyl groups is 1. The predicted molar refractivity (Wildman–Crippen MR) is 78.2 cm³/mol. The molecule has 4 heteroatoms. The molecule has 1 unspecified atom stereocenters. The third-order valence-corrected chi connectivity index (χ3v) is 4.60. The summed E-state index contributed by atoms with van der Waals surface area (Å²) in [6.07, 6.45) is 3.08. The second-order valence-electron chi connectivity index (χ2n) is 5.19. The summed E-state index contributed by atoms with van der Waals surface area (Å²) in [6.45, 7) is 2.66. The summed E-state index contributed by atoms with van der Waals surface area (Å²) in [5, 5.41) is 13.3. The number of nitrogens with one attached hydrogen (secondary N) is 1. The number of rotatable bonds is 5. The molecule has 0 aliphatic heterocycles. The molecule has 1 fully saturated rings. The van der Waals surface area contributed by atoms with Gasteiger partial charge >= 0.3 is 0 Å². The van der Waals surface area contributed by atoms with Gasteiger partial charge in [-0.1, -0.05) is 25.1 Å². The van der Waals surface area contributed by atoms with E-state index in [9.17, 15) is 9.90 Å². The Bertz CT molecular complexity index is 415. The minimum atomic E-state index is -1.11. The molecule has 1 amide bonds. The Kier molecular flexibility index (Phi) is 4.88. The maximum absolute atomic E-state index is 12.0. The van der Waals surface area contributed by atoms with Crippen molar-refractivity contribution in [1.82, 2.24) is 5.32 Å². The van der Waals surface area contributed by atoms with Crippen LogP contribution in [0.5, 0.6) is 0 Å². The van der Waals surface area contributed by atoms with E-state index in [1.165, 1.54) is 4.90 Å². The molecular formula is C15H21NO2S. The van der Waals surface area contributed by atoms with E-state index in [4.69, 9.17) is 0 Å². The smallest absolute Gasteiger partial charge is 0.251 e. The summed E-state index contributed by atoms with van der Waals surface area (Å²) >= 11 is 1.73. The van der Waals surface area contributed by atoms with Gasteiger partial charge in [0.2, 0.25) is 0 Å². The average molecular weight is 279 g/mol. The van der Waals surface area contributed by atoms with Gasteiger partial charge in [0, 0.05) is 16.7 Å². The van der Waals surface area contributed by atoms with Crippen molar-refractivity contribution in [3.05, 3.63) is 30.3 Å². The molecule has 0 aromatic heterocycles. The number of hydrogen-bond donors (Lipinski definition) is 2. The molecule has 0 spiro atoms. The van der Waals surface area contributed by atoms with Crippen LogP contribution in [0.2, 0.25) is 0 Å². The molecule has 1 aliphatic carbocycles. The Hall–Kier alpha value is -1.00. The van der Waals surface area contributed by atoms with E-state index in [-0.39, 0.29) is 11.2 Å². The van der Waals surface area contributed by atoms with Crippen molar-refractivity contribution < 1.29 is 9.90 Å². The zero-order valence-electron chi connectivity index (χ0n) is 11.3. The van der Waals surface area contributed by atoms with E-state index in [1.807, 2.05) is 18.2 Å². The first-order chi connectivity index (χ1) is 9.10. The van der Waals surface area contributed by atoms with Crippen molar-refractivity contribution in [2.45, 2.75) is 48.4 Å². The lowest BCUT2D eigenvalue weighted by Gasteiger charge is -2.22. The summed E-state index contributed by atoms with van der Waals surface area (Å²) in [7, 11) is 0. The average Bonchev–Trinajstić information content (AvgIpc) is 2.85. The highest BCUT2D eigenvalue weighted by Crippen LogP contribution is 2.29. The molecule has 2 N–H and O–H groups in total. The second kappa shape index (κ2) is 6.44. The summed E-state index contributed by atoms with van der Waals surface area (Å²) in [4.78, 5) is 13.2. The minimum absolute atomic E-state index is 0.203. The lowest BCUT2D eigenvalue weighted by atomic mass is 10.0. The quantitative estimate of drug-likeness (QED) is 0.815. The fourth-order valence-electron chi connectivity index (χ4n) is 2.36. The largest absolute Gasteiger partial charge is 0.380 e. The predicted octanol–water partition coefficient (Wildman–Crippen LogP) is 2.59. The molecule has 0 heterocycles. The van der Waals surface area contributed by atoms with Gasteiger partial charge in [-0.15, -0.1) is 11.8 Å². The van der Waals surface area contributed by atoms with E-state index in [0.717, 1.165) is 12.8 Å². The van der Waals surface area contributed by atoms with Gasteiger partial charge in [-0.2, -0.15) is 0 Å². The fourth-order valence-corrected chi connectivity index (χ4v) is 3.31. The van der Waals surface area contributed by atoms with Gasteiger partial charge in [0.05, 0.1) is 0 Å². The highest BCUT2D eigenvalue weighted by molar-refractivity contribution is 8.00. The Labute approximate surface area is 118 Å². The second-order valence-corrected chi connectivity index (χ2v) is 6.70. The molecule has 1 aromatic rings. The van der Waals surface area contributed by atoms with Crippen LogP contribution in [0, 0.1) is 0 Å². The highest BCUT2D eigenvalue weighted by atomic mass is 32.2. The lowest BCUT2D eigenvalue weighted by Crippen LogP contribution is -2.46. The summed E-state index contributed by atoms with van der Waals surface area (Å²) in [6, 6.07) is 10.1. The normalized spacial score (nSPS) is 19.1. The third-order valence-electron chi connectivity index (χ3n) is 3.48. The molecule has 19 heavy (non-hydrogen) atoms. The Morgan fingerprint density at radius 2 is 2.00 bits per heavy atom. The van der Waals surface area contributed by atoms with Crippen molar-refractivity contribution in [1.29, 1.82) is 0 Å². The molecule has 3 nitrogen and oxygen atoms in total. The molecule has 0 radical (unpaired) electrons. The number of thioether (sulfide) groups is 1. The standard InChI is InChI=1S/C15H21NO2S/c1-12(19-13-7-3-2-4-8-13)11-16-14(17)15(18)9-5-6-10-15/h2-4,7-8,12,18H,5-6,9-11H2,1H3,(H,16,17). The lowest BCUT2D eigenvalue weighted by molar-refractivity contribution is -0.139. The monoisotopic (exact) mass is 279 g/mol. The first-order valence-corrected chi connectivity index (χ1v) is 7.70. The van der Waals surface area contributed by atoms with Crippen LogP contribution in [0.4, 0.5) is 0 Å². The van der Waals surface area contributed by atoms with Gasteiger partial charge in [0.25, 0.3) is 5.91 Å². The summed E-state index contributed by atoms with van der Waals surface area (Å²) < 4.78 is 0. The van der Waals surface area contributed by atoms with E-state index >= 15 is 0 Å². The minimum Gasteiger partial charge on any atom is -0.380 e. The fraction of sp³-hybridized carbons (Fsp3) is 0.533. The first-order valence-electron chi connectivity index (χ1n) is 6.82. The summed E-state index contributed by atoms with van der Waals surface area (Å²) in [5.74, 6) is -0.203. The van der Waals surface area contributed by atoms with Crippen molar-refractivity contribution in [2.24, 2.45) is 0 Å². The molecule has 104 valence electrons. The number of benzene rings is 1. The zero-order valence-corrected chi connectivity index (χ0v) is 12.1. The maximum atomic E-state index is 12.0. The van der Waals surface area contributed by atoms with Crippen LogP contribution in [0.3, 0.4) is 0 Å². The number of hydrogen-bond acceptors (Lipinski definition) is 3. The Morgan fingerprint density at radius 1 is 1.37 bits per heavy atom. The van der Waals surface area contributed by atoms with Gasteiger partial charge in [-0.05, 0) is 37.8 Å². The van der Waals surface area contributed by atoms with Crippen LogP contribution >= 0.6 is 11.8 Å². The molecule has 0 bridgehead atoms. The first kappa shape index (κ1) is 14.4. The Balaban J connectivity index is 1.77. The zero-order chi connectivity index (χ0) is 13.7. The maximum Gasteiger partial charge on any atom is 0.251 e. The topological polar surface area (TPSA) is 49.3 Å². The molecule has 2 rings (SSSR count). The van der Waals surface area contributed by atoms with Crippen molar-refractivity contribution in [3.8, 4) is 0 Å². The van der Waals surface area contributed by atoms with E-state index in [0.29, 0.717) is 19.4 Å². The third kappa shape index (κ3) is 3.98. The molecule has 1 aromatic carbocycles. The van der Waals surface area contributed by atoms with Crippen LogP contribution in [0.15, 0.2) is 35.2 Å². The number of carbonyl (C=O) groups is 1. The van der Waals surface area contributed by atoms with E-state index < -0.39 is 5.60 Å². The van der Waals surface area contributed by atoms with Crippen LogP contribution in [-0.2, 0) is 4.79 Å². The van der Waals surface area contributed by atoms with Gasteiger partial charge < -0.3 is 10.4 Å². The van der Waals surface area contributed by atoms with Gasteiger partial charge in [0.1, 0.15) is 5.60 Å². The highest BCUT2D eigenvalue weighted by Gasteiger charge is 2.38. The van der Waals surface area contributed by atoms with Crippen molar-refractivity contribution >= 4 is 17.7 Å². The molecule has 1 saturated carbocycles. The summed E-state index contributed by atoms with van der Waals surface area (Å²) in [5.41, 5.74) is -1.11. The molecule has 0 saturated heterocycles. The van der Waals surface area contributed by atoms with Crippen molar-refractivity contribution in [2.75, 3.05) is 6.54 Å². The number of carbonyl (C=O) groups excluding carboxylic acids is 1. The van der Waals surface area contributed by atoms with Crippen LogP contribution in [0.25, 0.3) is 0 Å². The van der Waals surface area contributed by atoms with Gasteiger partial charge in [-0.3, -0.25) is 4.79 Å². The molecule has 1 atom stereocenters. The van der Waals surface area contributed by atoms with Gasteiger partial charge in [-0.25, -0.2) is 0 Å². The van der Waals surface area contributed by atoms with Crippen molar-refractivity contribution in [3.63, 3.8) is 0 Å². The SMILES string of the molecule is CC(CNC(=O)C1(O)CCCC1)Sc1ccccc1. The number of amides is 1. The van der Waals surface area contributed by atoms with Crippen LogP contribution in [0.1, 0.15) is 32.6 Å². The van der Waals surface area contributed by atoms with Crippen LogP contribution in [-0.4, -0.2) is 28.4 Å². The van der Waals surface area contributed by atoms with E-state index in [2.05, 4.69) is 24.4 Å². The van der Waals surface area contributed by atoms with E-state index in [1.54, 1.807) is 11.8 Å².